The van der Waals surface area contributed by atoms with E-state index < -0.39 is 0 Å². The predicted octanol–water partition coefficient (Wildman–Crippen LogP) is 3.03. The number of ether oxygens (including phenoxy) is 4. The first-order valence-electron chi connectivity index (χ1n) is 8.63. The third-order valence-electron chi connectivity index (χ3n) is 4.88. The number of Topliss-reactive ketones (excluding diaryl/α,β-unsaturated/α-hetero) is 1. The van der Waals surface area contributed by atoms with Crippen LogP contribution in [-0.2, 0) is 15.9 Å². The summed E-state index contributed by atoms with van der Waals surface area (Å²) in [5.74, 6) is 1.59. The van der Waals surface area contributed by atoms with Gasteiger partial charge in [0.2, 0.25) is 0 Å². The van der Waals surface area contributed by atoms with E-state index in [1.54, 1.807) is 7.11 Å². The van der Waals surface area contributed by atoms with Gasteiger partial charge in [-0.15, -0.1) is 0 Å². The molecule has 1 fully saturated rings. The minimum Gasteiger partial charge on any atom is -0.493 e. The zero-order chi connectivity index (χ0) is 17.2. The first-order valence-corrected chi connectivity index (χ1v) is 8.63. The summed E-state index contributed by atoms with van der Waals surface area (Å²) < 4.78 is 22.4. The highest BCUT2D eigenvalue weighted by Crippen LogP contribution is 2.41. The van der Waals surface area contributed by atoms with Crippen molar-refractivity contribution in [2.75, 3.05) is 33.5 Å². The van der Waals surface area contributed by atoms with E-state index in [0.29, 0.717) is 44.2 Å². The molecule has 0 N–H and O–H groups in total. The van der Waals surface area contributed by atoms with Crippen LogP contribution in [0, 0.1) is 5.41 Å². The lowest BCUT2D eigenvalue weighted by Crippen LogP contribution is -2.53. The Morgan fingerprint density at radius 3 is 2.71 bits per heavy atom. The fourth-order valence-electron chi connectivity index (χ4n) is 3.19. The maximum atomic E-state index is 12.6. The van der Waals surface area contributed by atoms with Gasteiger partial charge < -0.3 is 18.9 Å². The maximum Gasteiger partial charge on any atom is 0.170 e. The van der Waals surface area contributed by atoms with Crippen molar-refractivity contribution >= 4 is 5.78 Å². The summed E-state index contributed by atoms with van der Waals surface area (Å²) in [6.07, 6.45) is 1.94. The molecule has 0 spiro atoms. The van der Waals surface area contributed by atoms with Gasteiger partial charge in [0.15, 0.2) is 5.78 Å². The molecule has 2 aliphatic heterocycles. The molecule has 0 bridgehead atoms. The van der Waals surface area contributed by atoms with E-state index in [9.17, 15) is 4.79 Å². The van der Waals surface area contributed by atoms with E-state index in [1.165, 1.54) is 0 Å². The van der Waals surface area contributed by atoms with E-state index in [4.69, 9.17) is 18.9 Å². The molecule has 2 heterocycles. The Morgan fingerprint density at radius 1 is 1.29 bits per heavy atom. The zero-order valence-electron chi connectivity index (χ0n) is 14.7. The molecule has 0 saturated carbocycles. The highest BCUT2D eigenvalue weighted by atomic mass is 16.5. The number of rotatable bonds is 7. The van der Waals surface area contributed by atoms with Gasteiger partial charge in [0.25, 0.3) is 0 Å². The SMILES string of the molecule is CCc1cc2c(cc1OCCCOC)OC(C1(C)COC1)CC2=O. The quantitative estimate of drug-likeness (QED) is 0.718. The van der Waals surface area contributed by atoms with Crippen LogP contribution in [0.1, 0.15) is 42.6 Å². The van der Waals surface area contributed by atoms with Gasteiger partial charge in [-0.3, -0.25) is 4.79 Å². The van der Waals surface area contributed by atoms with E-state index in [-0.39, 0.29) is 17.3 Å². The van der Waals surface area contributed by atoms with Crippen molar-refractivity contribution in [1.29, 1.82) is 0 Å². The Hall–Kier alpha value is -1.59. The van der Waals surface area contributed by atoms with Crippen molar-refractivity contribution in [3.05, 3.63) is 23.3 Å². The molecule has 0 aliphatic carbocycles. The minimum absolute atomic E-state index is 0.0732. The average molecular weight is 334 g/mol. The standard InChI is InChI=1S/C19H26O5/c1-4-13-8-14-15(20)9-18(19(2)11-22-12-19)24-17(14)10-16(13)23-7-5-6-21-3/h8,10,18H,4-7,9,11-12H2,1-3H3. The number of carbonyl (C=O) groups excluding carboxylic acids is 1. The summed E-state index contributed by atoms with van der Waals surface area (Å²) in [4.78, 5) is 12.6. The number of hydrogen-bond acceptors (Lipinski definition) is 5. The topological polar surface area (TPSA) is 54.0 Å². The molecule has 0 amide bonds. The highest BCUT2D eigenvalue weighted by molar-refractivity contribution is 6.00. The van der Waals surface area contributed by atoms with Gasteiger partial charge in [-0.1, -0.05) is 13.8 Å². The molecule has 0 aromatic heterocycles. The van der Waals surface area contributed by atoms with Gasteiger partial charge in [0.1, 0.15) is 17.6 Å². The first-order chi connectivity index (χ1) is 11.6. The van der Waals surface area contributed by atoms with Crippen LogP contribution in [0.2, 0.25) is 0 Å². The smallest absolute Gasteiger partial charge is 0.170 e. The lowest BCUT2D eigenvalue weighted by Gasteiger charge is -2.45. The molecule has 2 aliphatic rings. The maximum absolute atomic E-state index is 12.6. The zero-order valence-corrected chi connectivity index (χ0v) is 14.7. The molecule has 1 unspecified atom stereocenters. The van der Waals surface area contributed by atoms with Gasteiger partial charge in [0.05, 0.1) is 30.8 Å². The van der Waals surface area contributed by atoms with Crippen molar-refractivity contribution < 1.29 is 23.7 Å². The van der Waals surface area contributed by atoms with Crippen molar-refractivity contribution in [2.45, 2.75) is 39.2 Å². The predicted molar refractivity (Wildman–Crippen MR) is 90.1 cm³/mol. The molecule has 1 saturated heterocycles. The van der Waals surface area contributed by atoms with E-state index >= 15 is 0 Å². The molecule has 5 nitrogen and oxygen atoms in total. The second-order valence-electron chi connectivity index (χ2n) is 6.89. The van der Waals surface area contributed by atoms with Crippen LogP contribution >= 0.6 is 0 Å². The van der Waals surface area contributed by atoms with Crippen molar-refractivity contribution in [1.82, 2.24) is 0 Å². The Bertz CT molecular complexity index is 606. The van der Waals surface area contributed by atoms with Gasteiger partial charge in [-0.25, -0.2) is 0 Å². The molecular weight excluding hydrogens is 308 g/mol. The largest absolute Gasteiger partial charge is 0.493 e. The van der Waals surface area contributed by atoms with Crippen LogP contribution in [0.3, 0.4) is 0 Å². The lowest BCUT2D eigenvalue weighted by molar-refractivity contribution is -0.153. The van der Waals surface area contributed by atoms with Gasteiger partial charge >= 0.3 is 0 Å². The Kier molecular flexibility index (Phi) is 5.11. The normalized spacial score (nSPS) is 21.6. The van der Waals surface area contributed by atoms with E-state index in [2.05, 4.69) is 13.8 Å². The fraction of sp³-hybridized carbons (Fsp3) is 0.632. The van der Waals surface area contributed by atoms with Crippen LogP contribution in [0.25, 0.3) is 0 Å². The van der Waals surface area contributed by atoms with Gasteiger partial charge in [0, 0.05) is 32.6 Å². The highest BCUT2D eigenvalue weighted by Gasteiger charge is 2.46. The number of fused-ring (bicyclic) bond motifs is 1. The third-order valence-corrected chi connectivity index (χ3v) is 4.88. The minimum atomic E-state index is -0.125. The Balaban J connectivity index is 1.81. The summed E-state index contributed by atoms with van der Waals surface area (Å²) >= 11 is 0. The molecule has 3 rings (SSSR count). The molecule has 1 aromatic carbocycles. The van der Waals surface area contributed by atoms with E-state index in [1.807, 2.05) is 12.1 Å². The summed E-state index contributed by atoms with van der Waals surface area (Å²) in [7, 11) is 1.68. The Labute approximate surface area is 143 Å². The van der Waals surface area contributed by atoms with Crippen molar-refractivity contribution in [3.8, 4) is 11.5 Å². The van der Waals surface area contributed by atoms with Crippen LogP contribution < -0.4 is 9.47 Å². The number of benzene rings is 1. The molecule has 1 atom stereocenters. The number of carbonyl (C=O) groups is 1. The number of methoxy groups -OCH3 is 1. The summed E-state index contributed by atoms with van der Waals surface area (Å²) in [5, 5.41) is 0. The average Bonchev–Trinajstić information content (AvgIpc) is 2.55. The lowest BCUT2D eigenvalue weighted by atomic mass is 9.78. The monoisotopic (exact) mass is 334 g/mol. The number of hydrogen-bond donors (Lipinski definition) is 0. The second-order valence-corrected chi connectivity index (χ2v) is 6.89. The summed E-state index contributed by atoms with van der Waals surface area (Å²) in [5.41, 5.74) is 1.65. The van der Waals surface area contributed by atoms with E-state index in [0.717, 1.165) is 24.2 Å². The van der Waals surface area contributed by atoms with Crippen LogP contribution in [0.4, 0.5) is 0 Å². The molecular formula is C19H26O5. The number of ketones is 1. The van der Waals surface area contributed by atoms with Crippen molar-refractivity contribution in [3.63, 3.8) is 0 Å². The van der Waals surface area contributed by atoms with Crippen LogP contribution in [0.5, 0.6) is 11.5 Å². The summed E-state index contributed by atoms with van der Waals surface area (Å²) in [6, 6.07) is 3.81. The van der Waals surface area contributed by atoms with Crippen LogP contribution in [-0.4, -0.2) is 45.4 Å². The van der Waals surface area contributed by atoms with Crippen LogP contribution in [0.15, 0.2) is 12.1 Å². The number of aryl methyl sites for hydroxylation is 1. The Morgan fingerprint density at radius 2 is 2.08 bits per heavy atom. The van der Waals surface area contributed by atoms with Crippen molar-refractivity contribution in [2.24, 2.45) is 5.41 Å². The molecule has 1 aromatic rings. The second kappa shape index (κ2) is 7.11. The summed E-state index contributed by atoms with van der Waals surface area (Å²) in [6.45, 7) is 6.72. The first kappa shape index (κ1) is 17.2. The molecule has 132 valence electrons. The van der Waals surface area contributed by atoms with Gasteiger partial charge in [-0.2, -0.15) is 0 Å². The third kappa shape index (κ3) is 3.28. The molecule has 0 radical (unpaired) electrons. The molecule has 24 heavy (non-hydrogen) atoms. The molecule has 5 heteroatoms. The van der Waals surface area contributed by atoms with Gasteiger partial charge in [-0.05, 0) is 18.1 Å². The fourth-order valence-corrected chi connectivity index (χ4v) is 3.19.